The van der Waals surface area contributed by atoms with E-state index in [-0.39, 0.29) is 18.0 Å². The topological polar surface area (TPSA) is 55.2 Å². The van der Waals surface area contributed by atoms with Crippen LogP contribution in [0.3, 0.4) is 0 Å². The van der Waals surface area contributed by atoms with E-state index in [2.05, 4.69) is 16.5 Å². The van der Waals surface area contributed by atoms with Crippen LogP contribution in [0.2, 0.25) is 0 Å². The Labute approximate surface area is 143 Å². The Morgan fingerprint density at radius 1 is 1.25 bits per heavy atom. The van der Waals surface area contributed by atoms with Gasteiger partial charge in [-0.05, 0) is 36.4 Å². The lowest BCUT2D eigenvalue weighted by molar-refractivity contribution is -0.133. The number of hydrogen-bond acceptors (Lipinski definition) is 4. The molecule has 0 saturated carbocycles. The van der Waals surface area contributed by atoms with Crippen LogP contribution >= 0.6 is 11.3 Å². The first-order chi connectivity index (χ1) is 11.6. The van der Waals surface area contributed by atoms with E-state index < -0.39 is 0 Å². The maximum atomic E-state index is 12.6. The summed E-state index contributed by atoms with van der Waals surface area (Å²) < 4.78 is 1.29. The second-order valence-corrected chi connectivity index (χ2v) is 7.03. The lowest BCUT2D eigenvalue weighted by atomic mass is 10.1. The number of aryl methyl sites for hydroxylation is 1. The normalized spacial score (nSPS) is 14.0. The van der Waals surface area contributed by atoms with Gasteiger partial charge in [-0.15, -0.1) is 11.3 Å². The van der Waals surface area contributed by atoms with Crippen molar-refractivity contribution in [2.75, 3.05) is 6.54 Å². The lowest BCUT2D eigenvalue weighted by Crippen LogP contribution is -2.40. The minimum absolute atomic E-state index is 0.00994. The van der Waals surface area contributed by atoms with Gasteiger partial charge in [-0.1, -0.05) is 18.2 Å². The Hall–Kier alpha value is -2.47. The smallest absolute Gasteiger partial charge is 0.275 e. The highest BCUT2D eigenvalue weighted by Gasteiger charge is 2.22. The van der Waals surface area contributed by atoms with Crippen LogP contribution in [0.25, 0.3) is 10.8 Å². The number of fused-ring (bicyclic) bond motifs is 2. The van der Waals surface area contributed by atoms with E-state index >= 15 is 0 Å². The zero-order valence-corrected chi connectivity index (χ0v) is 14.2. The fourth-order valence-corrected chi connectivity index (χ4v) is 4.09. The largest absolute Gasteiger partial charge is 0.336 e. The summed E-state index contributed by atoms with van der Waals surface area (Å²) in [6, 6.07) is 9.46. The molecule has 1 aliphatic heterocycles. The number of rotatable bonds is 2. The van der Waals surface area contributed by atoms with E-state index in [1.807, 2.05) is 30.0 Å². The van der Waals surface area contributed by atoms with E-state index in [0.29, 0.717) is 18.5 Å². The minimum Gasteiger partial charge on any atom is -0.336 e. The van der Waals surface area contributed by atoms with E-state index in [4.69, 9.17) is 0 Å². The quantitative estimate of drug-likeness (QED) is 0.720. The predicted octanol–water partition coefficient (Wildman–Crippen LogP) is 2.35. The van der Waals surface area contributed by atoms with Crippen molar-refractivity contribution in [2.24, 2.45) is 0 Å². The third-order valence-electron chi connectivity index (χ3n) is 4.50. The van der Waals surface area contributed by atoms with Gasteiger partial charge in [-0.3, -0.25) is 9.59 Å². The molecular weight excluding hydrogens is 322 g/mol. The van der Waals surface area contributed by atoms with Crippen LogP contribution in [0.15, 0.2) is 40.5 Å². The molecule has 5 nitrogen and oxygen atoms in total. The molecule has 0 fully saturated rings. The first-order valence-electron chi connectivity index (χ1n) is 7.93. The first-order valence-corrected chi connectivity index (χ1v) is 8.81. The van der Waals surface area contributed by atoms with E-state index in [0.717, 1.165) is 17.5 Å². The molecule has 2 aromatic heterocycles. The molecule has 0 atom stereocenters. The molecule has 24 heavy (non-hydrogen) atoms. The molecule has 0 unspecified atom stereocenters. The zero-order valence-electron chi connectivity index (χ0n) is 13.4. The van der Waals surface area contributed by atoms with Crippen LogP contribution in [0.1, 0.15) is 16.1 Å². The second-order valence-electron chi connectivity index (χ2n) is 6.03. The number of nitrogens with zero attached hydrogens (tertiary/aromatic N) is 3. The van der Waals surface area contributed by atoms with Gasteiger partial charge in [0.05, 0.1) is 11.1 Å². The number of carbonyl (C=O) groups excluding carboxylic acids is 1. The predicted molar refractivity (Wildman–Crippen MR) is 94.2 cm³/mol. The van der Waals surface area contributed by atoms with Crippen molar-refractivity contribution in [3.63, 3.8) is 0 Å². The SMILES string of the molecule is Cc1nn(CC(=O)N2CCc3sccc3C2)c(=O)c2ccccc12. The third kappa shape index (κ3) is 2.53. The monoisotopic (exact) mass is 339 g/mol. The molecule has 0 saturated heterocycles. The fraction of sp³-hybridized carbons (Fsp3) is 0.278. The molecule has 0 radical (unpaired) electrons. The maximum absolute atomic E-state index is 12.6. The number of thiophene rings is 1. The van der Waals surface area contributed by atoms with E-state index in [1.165, 1.54) is 15.1 Å². The molecule has 1 amide bonds. The summed E-state index contributed by atoms with van der Waals surface area (Å²) in [6.07, 6.45) is 0.887. The van der Waals surface area contributed by atoms with Crippen LogP contribution in [-0.2, 0) is 24.3 Å². The van der Waals surface area contributed by atoms with Crippen LogP contribution in [0, 0.1) is 6.92 Å². The van der Waals surface area contributed by atoms with Gasteiger partial charge < -0.3 is 4.90 Å². The highest BCUT2D eigenvalue weighted by molar-refractivity contribution is 7.10. The van der Waals surface area contributed by atoms with Gasteiger partial charge in [-0.2, -0.15) is 5.10 Å². The van der Waals surface area contributed by atoms with Gasteiger partial charge in [-0.25, -0.2) is 4.68 Å². The Morgan fingerprint density at radius 2 is 2.04 bits per heavy atom. The Balaban J connectivity index is 1.62. The van der Waals surface area contributed by atoms with Crippen molar-refractivity contribution < 1.29 is 4.79 Å². The standard InChI is InChI=1S/C18H17N3O2S/c1-12-14-4-2-3-5-15(14)18(23)21(19-12)11-17(22)20-8-6-16-13(10-20)7-9-24-16/h2-5,7,9H,6,8,10-11H2,1H3. The molecule has 0 bridgehead atoms. The second kappa shape index (κ2) is 5.87. The minimum atomic E-state index is -0.210. The van der Waals surface area contributed by atoms with Gasteiger partial charge >= 0.3 is 0 Å². The molecule has 3 aromatic rings. The molecule has 6 heteroatoms. The molecular formula is C18H17N3O2S. The van der Waals surface area contributed by atoms with Gasteiger partial charge in [0, 0.05) is 23.4 Å². The average molecular weight is 339 g/mol. The average Bonchev–Trinajstić information content (AvgIpc) is 3.07. The van der Waals surface area contributed by atoms with Crippen molar-refractivity contribution in [2.45, 2.75) is 26.4 Å². The Kier molecular flexibility index (Phi) is 3.69. The molecule has 122 valence electrons. The Bertz CT molecular complexity index is 989. The van der Waals surface area contributed by atoms with Gasteiger partial charge in [0.2, 0.25) is 5.91 Å². The van der Waals surface area contributed by atoms with Gasteiger partial charge in [0.15, 0.2) is 0 Å². The number of amides is 1. The summed E-state index contributed by atoms with van der Waals surface area (Å²) in [5.41, 5.74) is 1.77. The van der Waals surface area contributed by atoms with Crippen molar-refractivity contribution in [1.82, 2.24) is 14.7 Å². The van der Waals surface area contributed by atoms with Crippen molar-refractivity contribution in [3.05, 3.63) is 62.2 Å². The van der Waals surface area contributed by atoms with Gasteiger partial charge in [0.25, 0.3) is 5.56 Å². The summed E-state index contributed by atoms with van der Waals surface area (Å²) in [7, 11) is 0. The first kappa shape index (κ1) is 15.1. The van der Waals surface area contributed by atoms with Crippen LogP contribution in [-0.4, -0.2) is 27.1 Å². The molecule has 0 spiro atoms. The summed E-state index contributed by atoms with van der Waals surface area (Å²) in [5.74, 6) is -0.0591. The third-order valence-corrected chi connectivity index (χ3v) is 5.52. The molecule has 0 N–H and O–H groups in total. The van der Waals surface area contributed by atoms with Crippen LogP contribution in [0.5, 0.6) is 0 Å². The fourth-order valence-electron chi connectivity index (χ4n) is 3.20. The van der Waals surface area contributed by atoms with E-state index in [9.17, 15) is 9.59 Å². The number of benzene rings is 1. The van der Waals surface area contributed by atoms with Crippen molar-refractivity contribution in [1.29, 1.82) is 0 Å². The highest BCUT2D eigenvalue weighted by atomic mass is 32.1. The van der Waals surface area contributed by atoms with Crippen molar-refractivity contribution >= 4 is 28.0 Å². The number of aromatic nitrogens is 2. The molecule has 1 aromatic carbocycles. The number of carbonyl (C=O) groups is 1. The summed E-state index contributed by atoms with van der Waals surface area (Å²) in [6.45, 7) is 3.18. The summed E-state index contributed by atoms with van der Waals surface area (Å²) in [5, 5.41) is 7.84. The Morgan fingerprint density at radius 3 is 2.88 bits per heavy atom. The maximum Gasteiger partial charge on any atom is 0.275 e. The molecule has 1 aliphatic rings. The van der Waals surface area contributed by atoms with Crippen LogP contribution < -0.4 is 5.56 Å². The summed E-state index contributed by atoms with van der Waals surface area (Å²) >= 11 is 1.74. The molecule has 4 rings (SSSR count). The van der Waals surface area contributed by atoms with Crippen molar-refractivity contribution in [3.8, 4) is 0 Å². The van der Waals surface area contributed by atoms with E-state index in [1.54, 1.807) is 17.4 Å². The molecule has 3 heterocycles. The van der Waals surface area contributed by atoms with Gasteiger partial charge in [0.1, 0.15) is 6.54 Å². The number of hydrogen-bond donors (Lipinski definition) is 0. The summed E-state index contributed by atoms with van der Waals surface area (Å²) in [4.78, 5) is 28.4. The van der Waals surface area contributed by atoms with Crippen LogP contribution in [0.4, 0.5) is 0 Å². The lowest BCUT2D eigenvalue weighted by Gasteiger charge is -2.27. The highest BCUT2D eigenvalue weighted by Crippen LogP contribution is 2.24. The zero-order chi connectivity index (χ0) is 16.7. The molecule has 0 aliphatic carbocycles.